The normalized spacial score (nSPS) is 16.3. The molecular formula is C24H28ClFN2O2. The number of benzene rings is 2. The van der Waals surface area contributed by atoms with Gasteiger partial charge in [0.25, 0.3) is 0 Å². The molecule has 1 heterocycles. The summed E-state index contributed by atoms with van der Waals surface area (Å²) < 4.78 is 13.7. The predicted molar refractivity (Wildman–Crippen MR) is 117 cm³/mol. The monoisotopic (exact) mass is 430 g/mol. The minimum atomic E-state index is -0.260. The third kappa shape index (κ3) is 6.56. The number of amides is 2. The molecule has 0 saturated carbocycles. The number of hydrogen-bond donors (Lipinski definition) is 1. The van der Waals surface area contributed by atoms with Gasteiger partial charge in [-0.25, -0.2) is 4.39 Å². The highest BCUT2D eigenvalue weighted by Gasteiger charge is 2.24. The van der Waals surface area contributed by atoms with Gasteiger partial charge in [0.15, 0.2) is 0 Å². The number of aryl methyl sites for hydroxylation is 1. The van der Waals surface area contributed by atoms with Gasteiger partial charge >= 0.3 is 0 Å². The van der Waals surface area contributed by atoms with E-state index in [-0.39, 0.29) is 17.6 Å². The van der Waals surface area contributed by atoms with Crippen molar-refractivity contribution in [3.63, 3.8) is 0 Å². The molecule has 30 heavy (non-hydrogen) atoms. The third-order valence-electron chi connectivity index (χ3n) is 5.65. The molecule has 0 bridgehead atoms. The van der Waals surface area contributed by atoms with E-state index in [1.165, 1.54) is 6.07 Å². The fraction of sp³-hybridized carbons (Fsp3) is 0.417. The molecule has 4 nitrogen and oxygen atoms in total. The first-order valence-corrected chi connectivity index (χ1v) is 10.9. The van der Waals surface area contributed by atoms with Crippen LogP contribution in [0.5, 0.6) is 0 Å². The molecule has 160 valence electrons. The number of carbonyl (C=O) groups excluding carboxylic acids is 2. The van der Waals surface area contributed by atoms with Crippen molar-refractivity contribution < 1.29 is 14.0 Å². The summed E-state index contributed by atoms with van der Waals surface area (Å²) in [6.45, 7) is 1.84. The second-order valence-electron chi connectivity index (χ2n) is 7.85. The van der Waals surface area contributed by atoms with Crippen molar-refractivity contribution in [2.45, 2.75) is 45.1 Å². The average molecular weight is 431 g/mol. The Morgan fingerprint density at radius 3 is 2.57 bits per heavy atom. The van der Waals surface area contributed by atoms with Crippen molar-refractivity contribution in [2.24, 2.45) is 5.92 Å². The first-order valence-electron chi connectivity index (χ1n) is 10.5. The van der Waals surface area contributed by atoms with Gasteiger partial charge in [-0.15, -0.1) is 0 Å². The van der Waals surface area contributed by atoms with Gasteiger partial charge in [0.1, 0.15) is 5.82 Å². The molecule has 0 radical (unpaired) electrons. The Hall–Kier alpha value is -2.40. The maximum atomic E-state index is 13.7. The summed E-state index contributed by atoms with van der Waals surface area (Å²) in [6.07, 6.45) is 3.88. The summed E-state index contributed by atoms with van der Waals surface area (Å²) in [5.41, 5.74) is 1.48. The quantitative estimate of drug-likeness (QED) is 0.657. The highest BCUT2D eigenvalue weighted by molar-refractivity contribution is 6.31. The van der Waals surface area contributed by atoms with Crippen molar-refractivity contribution in [3.8, 4) is 0 Å². The van der Waals surface area contributed by atoms with Gasteiger partial charge in [-0.1, -0.05) is 48.0 Å². The van der Waals surface area contributed by atoms with Crippen LogP contribution in [0.15, 0.2) is 48.5 Å². The summed E-state index contributed by atoms with van der Waals surface area (Å²) in [7, 11) is 0. The number of piperidine rings is 1. The van der Waals surface area contributed by atoms with E-state index in [9.17, 15) is 14.0 Å². The van der Waals surface area contributed by atoms with E-state index in [4.69, 9.17) is 11.6 Å². The second-order valence-corrected chi connectivity index (χ2v) is 8.25. The SMILES string of the molecule is O=C(CC[C@@H]1CCCN(C(=O)CCc2ccccc2F)C1)NCc1ccccc1Cl. The number of likely N-dealkylation sites (tertiary alicyclic amines) is 1. The molecule has 0 aliphatic carbocycles. The Morgan fingerprint density at radius 2 is 1.80 bits per heavy atom. The van der Waals surface area contributed by atoms with Gasteiger partial charge in [0.2, 0.25) is 11.8 Å². The lowest BCUT2D eigenvalue weighted by Crippen LogP contribution is -2.40. The Morgan fingerprint density at radius 1 is 1.07 bits per heavy atom. The van der Waals surface area contributed by atoms with E-state index >= 15 is 0 Å². The van der Waals surface area contributed by atoms with Crippen LogP contribution in [0.3, 0.4) is 0 Å². The smallest absolute Gasteiger partial charge is 0.222 e. The summed E-state index contributed by atoms with van der Waals surface area (Å²) >= 11 is 6.12. The fourth-order valence-electron chi connectivity index (χ4n) is 3.89. The van der Waals surface area contributed by atoms with Crippen molar-refractivity contribution in [2.75, 3.05) is 13.1 Å². The molecule has 2 aromatic carbocycles. The summed E-state index contributed by atoms with van der Waals surface area (Å²) in [5, 5.41) is 3.57. The molecule has 1 N–H and O–H groups in total. The van der Waals surface area contributed by atoms with Crippen LogP contribution < -0.4 is 5.32 Å². The first-order chi connectivity index (χ1) is 14.5. The molecule has 1 aliphatic heterocycles. The zero-order valence-electron chi connectivity index (χ0n) is 17.1. The molecule has 1 aliphatic rings. The van der Waals surface area contributed by atoms with E-state index in [1.807, 2.05) is 29.2 Å². The van der Waals surface area contributed by atoms with Crippen LogP contribution in [0.25, 0.3) is 0 Å². The van der Waals surface area contributed by atoms with Crippen molar-refractivity contribution in [1.82, 2.24) is 10.2 Å². The van der Waals surface area contributed by atoms with E-state index in [1.54, 1.807) is 18.2 Å². The number of carbonyl (C=O) groups is 2. The standard InChI is InChI=1S/C24H28ClFN2O2/c25-21-9-3-1-8-20(21)16-27-23(29)13-11-18-6-5-15-28(17-18)24(30)14-12-19-7-2-4-10-22(19)26/h1-4,7-10,18H,5-6,11-17H2,(H,27,29)/t18-/m0/s1. The van der Waals surface area contributed by atoms with Crippen LogP contribution >= 0.6 is 11.6 Å². The maximum absolute atomic E-state index is 13.7. The zero-order valence-corrected chi connectivity index (χ0v) is 17.8. The highest BCUT2D eigenvalue weighted by Crippen LogP contribution is 2.22. The fourth-order valence-corrected chi connectivity index (χ4v) is 4.09. The molecule has 0 unspecified atom stereocenters. The summed E-state index contributed by atoms with van der Waals surface area (Å²) in [5.74, 6) is 0.121. The van der Waals surface area contributed by atoms with E-state index in [0.717, 1.165) is 31.4 Å². The van der Waals surface area contributed by atoms with Crippen LogP contribution in [0.4, 0.5) is 4.39 Å². The Kier molecular flexibility index (Phi) is 8.26. The van der Waals surface area contributed by atoms with Gasteiger partial charge in [0.05, 0.1) is 0 Å². The van der Waals surface area contributed by atoms with Gasteiger partial charge in [-0.2, -0.15) is 0 Å². The van der Waals surface area contributed by atoms with Crippen LogP contribution in [0.2, 0.25) is 5.02 Å². The largest absolute Gasteiger partial charge is 0.352 e. The molecule has 1 atom stereocenters. The molecule has 0 spiro atoms. The lowest BCUT2D eigenvalue weighted by molar-refractivity contribution is -0.133. The number of halogens is 2. The van der Waals surface area contributed by atoms with Crippen LogP contribution in [-0.2, 0) is 22.6 Å². The molecule has 3 rings (SSSR count). The molecule has 1 saturated heterocycles. The van der Waals surface area contributed by atoms with Crippen LogP contribution in [0, 0.1) is 11.7 Å². The van der Waals surface area contributed by atoms with Crippen molar-refractivity contribution in [3.05, 3.63) is 70.5 Å². The van der Waals surface area contributed by atoms with Gasteiger partial charge in [-0.05, 0) is 54.9 Å². The number of rotatable bonds is 8. The summed E-state index contributed by atoms with van der Waals surface area (Å²) in [6, 6.07) is 14.1. The first kappa shape index (κ1) is 22.3. The van der Waals surface area contributed by atoms with Gasteiger partial charge in [-0.3, -0.25) is 9.59 Å². The van der Waals surface area contributed by atoms with E-state index < -0.39 is 0 Å². The second kappa shape index (κ2) is 11.1. The minimum Gasteiger partial charge on any atom is -0.352 e. The van der Waals surface area contributed by atoms with Crippen molar-refractivity contribution in [1.29, 1.82) is 0 Å². The number of nitrogens with zero attached hydrogens (tertiary/aromatic N) is 1. The summed E-state index contributed by atoms with van der Waals surface area (Å²) in [4.78, 5) is 26.6. The Balaban J connectivity index is 1.40. The molecule has 2 aromatic rings. The Bertz CT molecular complexity index is 874. The minimum absolute atomic E-state index is 0.00192. The average Bonchev–Trinajstić information content (AvgIpc) is 2.76. The van der Waals surface area contributed by atoms with Crippen LogP contribution in [0.1, 0.15) is 43.2 Å². The maximum Gasteiger partial charge on any atom is 0.222 e. The molecule has 1 fully saturated rings. The molecule has 0 aromatic heterocycles. The lowest BCUT2D eigenvalue weighted by atomic mass is 9.93. The molecule has 6 heteroatoms. The lowest BCUT2D eigenvalue weighted by Gasteiger charge is -2.33. The predicted octanol–water partition coefficient (Wildman–Crippen LogP) is 4.75. The van der Waals surface area contributed by atoms with Gasteiger partial charge in [0, 0.05) is 37.5 Å². The topological polar surface area (TPSA) is 49.4 Å². The number of nitrogens with one attached hydrogen (secondary N) is 1. The van der Waals surface area contributed by atoms with Crippen molar-refractivity contribution >= 4 is 23.4 Å². The van der Waals surface area contributed by atoms with E-state index in [2.05, 4.69) is 5.32 Å². The molecular weight excluding hydrogens is 403 g/mol. The number of hydrogen-bond acceptors (Lipinski definition) is 2. The molecule has 2 amide bonds. The highest BCUT2D eigenvalue weighted by atomic mass is 35.5. The Labute approximate surface area is 182 Å². The van der Waals surface area contributed by atoms with Crippen LogP contribution in [-0.4, -0.2) is 29.8 Å². The van der Waals surface area contributed by atoms with E-state index in [0.29, 0.717) is 48.9 Å². The zero-order chi connectivity index (χ0) is 21.3. The van der Waals surface area contributed by atoms with Gasteiger partial charge < -0.3 is 10.2 Å². The third-order valence-corrected chi connectivity index (χ3v) is 6.02.